The Morgan fingerprint density at radius 2 is 1.85 bits per heavy atom. The van der Waals surface area contributed by atoms with Crippen molar-refractivity contribution in [2.75, 3.05) is 25.0 Å². The third kappa shape index (κ3) is 5.69. The second-order valence-corrected chi connectivity index (χ2v) is 6.54. The number of para-hydroxylation sites is 1. The van der Waals surface area contributed by atoms with Crippen LogP contribution in [-0.2, 0) is 17.8 Å². The highest BCUT2D eigenvalue weighted by Gasteiger charge is 2.21. The fourth-order valence-corrected chi connectivity index (χ4v) is 3.16. The third-order valence-corrected chi connectivity index (χ3v) is 4.62. The Balaban J connectivity index is 0.00000261. The molecule has 3 rings (SSSR count). The molecule has 0 radical (unpaired) electrons. The van der Waals surface area contributed by atoms with Gasteiger partial charge >= 0.3 is 0 Å². The number of amides is 1. The molecule has 0 atom stereocenters. The minimum Gasteiger partial charge on any atom is -0.352 e. The highest BCUT2D eigenvalue weighted by atomic mass is 127. The van der Waals surface area contributed by atoms with Crippen molar-refractivity contribution < 1.29 is 4.79 Å². The zero-order valence-electron chi connectivity index (χ0n) is 15.9. The Morgan fingerprint density at radius 3 is 2.59 bits per heavy atom. The van der Waals surface area contributed by atoms with Crippen LogP contribution >= 0.6 is 24.0 Å². The molecule has 27 heavy (non-hydrogen) atoms. The van der Waals surface area contributed by atoms with Gasteiger partial charge in [0.05, 0.1) is 6.54 Å². The van der Waals surface area contributed by atoms with Crippen molar-refractivity contribution in [3.8, 4) is 0 Å². The number of carbonyl (C=O) groups is 1. The number of guanidine groups is 1. The molecule has 0 fully saturated rings. The molecule has 2 aromatic carbocycles. The zero-order chi connectivity index (χ0) is 18.4. The average molecular weight is 478 g/mol. The molecular weight excluding hydrogens is 451 g/mol. The van der Waals surface area contributed by atoms with Crippen molar-refractivity contribution >= 4 is 41.5 Å². The summed E-state index contributed by atoms with van der Waals surface area (Å²) < 4.78 is 0. The average Bonchev–Trinajstić information content (AvgIpc) is 2.68. The van der Waals surface area contributed by atoms with Crippen LogP contribution in [-0.4, -0.2) is 32.0 Å². The standard InChI is InChI=1S/C21H26N4O.HI/c1-16-9-11-17(12-10-16)14-23-21(22-2)24-15-20(26)25-13-5-7-18-6-3-4-8-19(18)25;/h3-4,6,8-12H,5,7,13-15H2,1-2H3,(H2,22,23,24);1H. The summed E-state index contributed by atoms with van der Waals surface area (Å²) in [6, 6.07) is 16.5. The number of carbonyl (C=O) groups excluding carboxylic acids is 1. The Hall–Kier alpha value is -2.09. The van der Waals surface area contributed by atoms with Gasteiger partial charge in [0.2, 0.25) is 5.91 Å². The number of benzene rings is 2. The molecule has 0 aliphatic carbocycles. The first kappa shape index (κ1) is 21.2. The van der Waals surface area contributed by atoms with Crippen LogP contribution in [0, 0.1) is 6.92 Å². The Bertz CT molecular complexity index is 789. The van der Waals surface area contributed by atoms with Crippen LogP contribution in [0.1, 0.15) is 23.1 Å². The first-order chi connectivity index (χ1) is 12.7. The summed E-state index contributed by atoms with van der Waals surface area (Å²) in [4.78, 5) is 18.8. The summed E-state index contributed by atoms with van der Waals surface area (Å²) >= 11 is 0. The number of fused-ring (bicyclic) bond motifs is 1. The molecular formula is C21H27IN4O. The van der Waals surface area contributed by atoms with Crippen molar-refractivity contribution in [2.45, 2.75) is 26.3 Å². The van der Waals surface area contributed by atoms with Crippen LogP contribution in [0.15, 0.2) is 53.5 Å². The van der Waals surface area contributed by atoms with Crippen molar-refractivity contribution in [2.24, 2.45) is 4.99 Å². The van der Waals surface area contributed by atoms with Gasteiger partial charge in [-0.2, -0.15) is 0 Å². The number of aryl methyl sites for hydroxylation is 2. The van der Waals surface area contributed by atoms with Crippen molar-refractivity contribution in [1.82, 2.24) is 10.6 Å². The Kier molecular flexibility index (Phi) is 8.09. The van der Waals surface area contributed by atoms with E-state index in [4.69, 9.17) is 0 Å². The van der Waals surface area contributed by atoms with Crippen molar-refractivity contribution in [3.63, 3.8) is 0 Å². The molecule has 0 saturated carbocycles. The number of hydrogen-bond donors (Lipinski definition) is 2. The molecule has 0 saturated heterocycles. The van der Waals surface area contributed by atoms with E-state index in [1.165, 1.54) is 16.7 Å². The van der Waals surface area contributed by atoms with E-state index in [-0.39, 0.29) is 36.4 Å². The zero-order valence-corrected chi connectivity index (χ0v) is 18.2. The van der Waals surface area contributed by atoms with E-state index in [1.54, 1.807) is 7.05 Å². The van der Waals surface area contributed by atoms with E-state index in [2.05, 4.69) is 52.9 Å². The molecule has 1 amide bonds. The summed E-state index contributed by atoms with van der Waals surface area (Å²) in [5.41, 5.74) is 4.70. The van der Waals surface area contributed by atoms with E-state index in [0.29, 0.717) is 12.5 Å². The maximum absolute atomic E-state index is 12.7. The van der Waals surface area contributed by atoms with Gasteiger partial charge in [0.25, 0.3) is 0 Å². The second kappa shape index (κ2) is 10.3. The minimum absolute atomic E-state index is 0. The Labute approximate surface area is 178 Å². The third-order valence-electron chi connectivity index (χ3n) is 4.62. The lowest BCUT2D eigenvalue weighted by Gasteiger charge is -2.29. The van der Waals surface area contributed by atoms with E-state index in [9.17, 15) is 4.79 Å². The molecule has 5 nitrogen and oxygen atoms in total. The van der Waals surface area contributed by atoms with Gasteiger partial charge in [0.15, 0.2) is 5.96 Å². The normalized spacial score (nSPS) is 13.4. The maximum atomic E-state index is 12.7. The predicted octanol–water partition coefficient (Wildman–Crippen LogP) is 3.26. The fourth-order valence-electron chi connectivity index (χ4n) is 3.16. The molecule has 6 heteroatoms. The highest BCUT2D eigenvalue weighted by Crippen LogP contribution is 2.26. The molecule has 144 valence electrons. The number of hydrogen-bond acceptors (Lipinski definition) is 2. The SMILES string of the molecule is CN=C(NCC(=O)N1CCCc2ccccc21)NCc1ccc(C)cc1.I. The van der Waals surface area contributed by atoms with Crippen molar-refractivity contribution in [3.05, 3.63) is 65.2 Å². The molecule has 1 aliphatic heterocycles. The maximum Gasteiger partial charge on any atom is 0.246 e. The molecule has 0 unspecified atom stereocenters. The first-order valence-electron chi connectivity index (χ1n) is 9.05. The van der Waals surface area contributed by atoms with E-state index in [1.807, 2.05) is 23.1 Å². The van der Waals surface area contributed by atoms with Gasteiger partial charge in [-0.1, -0.05) is 48.0 Å². The molecule has 0 spiro atoms. The van der Waals surface area contributed by atoms with Gasteiger partial charge in [0.1, 0.15) is 0 Å². The second-order valence-electron chi connectivity index (χ2n) is 6.54. The summed E-state index contributed by atoms with van der Waals surface area (Å²) in [5, 5.41) is 6.38. The molecule has 0 bridgehead atoms. The summed E-state index contributed by atoms with van der Waals surface area (Å²) in [6.07, 6.45) is 2.04. The summed E-state index contributed by atoms with van der Waals surface area (Å²) in [5.74, 6) is 0.694. The number of halogens is 1. The van der Waals surface area contributed by atoms with Gasteiger partial charge in [-0.3, -0.25) is 9.79 Å². The quantitative estimate of drug-likeness (QED) is 0.403. The molecule has 2 aromatic rings. The van der Waals surface area contributed by atoms with Crippen LogP contribution < -0.4 is 15.5 Å². The highest BCUT2D eigenvalue weighted by molar-refractivity contribution is 14.0. The molecule has 0 aromatic heterocycles. The number of anilines is 1. The van der Waals surface area contributed by atoms with Gasteiger partial charge in [-0.15, -0.1) is 24.0 Å². The smallest absolute Gasteiger partial charge is 0.246 e. The Morgan fingerprint density at radius 1 is 1.11 bits per heavy atom. The van der Waals surface area contributed by atoms with E-state index >= 15 is 0 Å². The van der Waals surface area contributed by atoms with Crippen LogP contribution in [0.3, 0.4) is 0 Å². The lowest BCUT2D eigenvalue weighted by Crippen LogP contribution is -2.45. The van der Waals surface area contributed by atoms with Gasteiger partial charge in [-0.05, 0) is 37.0 Å². The van der Waals surface area contributed by atoms with Crippen LogP contribution in [0.4, 0.5) is 5.69 Å². The van der Waals surface area contributed by atoms with Crippen LogP contribution in [0.25, 0.3) is 0 Å². The van der Waals surface area contributed by atoms with Gasteiger partial charge in [-0.25, -0.2) is 0 Å². The largest absolute Gasteiger partial charge is 0.352 e. The summed E-state index contributed by atoms with van der Waals surface area (Å²) in [7, 11) is 1.71. The van der Waals surface area contributed by atoms with E-state index in [0.717, 1.165) is 25.1 Å². The lowest BCUT2D eigenvalue weighted by molar-refractivity contribution is -0.117. The monoisotopic (exact) mass is 478 g/mol. The van der Waals surface area contributed by atoms with Crippen LogP contribution in [0.2, 0.25) is 0 Å². The topological polar surface area (TPSA) is 56.7 Å². The fraction of sp³-hybridized carbons (Fsp3) is 0.333. The van der Waals surface area contributed by atoms with Gasteiger partial charge < -0.3 is 15.5 Å². The van der Waals surface area contributed by atoms with E-state index < -0.39 is 0 Å². The molecule has 2 N–H and O–H groups in total. The first-order valence-corrected chi connectivity index (χ1v) is 9.05. The lowest BCUT2D eigenvalue weighted by atomic mass is 10.0. The summed E-state index contributed by atoms with van der Waals surface area (Å²) in [6.45, 7) is 3.73. The number of rotatable bonds is 4. The molecule has 1 heterocycles. The number of nitrogens with zero attached hydrogens (tertiary/aromatic N) is 2. The number of nitrogens with one attached hydrogen (secondary N) is 2. The van der Waals surface area contributed by atoms with Gasteiger partial charge in [0, 0.05) is 25.8 Å². The molecule has 1 aliphatic rings. The number of aliphatic imine (C=N–C) groups is 1. The van der Waals surface area contributed by atoms with Crippen molar-refractivity contribution in [1.29, 1.82) is 0 Å². The predicted molar refractivity (Wildman–Crippen MR) is 122 cm³/mol. The minimum atomic E-state index is 0. The van der Waals surface area contributed by atoms with Crippen LogP contribution in [0.5, 0.6) is 0 Å².